The van der Waals surface area contributed by atoms with Crippen LogP contribution in [0.5, 0.6) is 5.75 Å². The normalized spacial score (nSPS) is 15.0. The fourth-order valence-corrected chi connectivity index (χ4v) is 4.91. The lowest BCUT2D eigenvalue weighted by atomic mass is 10.1. The third kappa shape index (κ3) is 5.20. The molecule has 3 aromatic carbocycles. The molecule has 1 saturated heterocycles. The maximum absolute atomic E-state index is 13.2. The van der Waals surface area contributed by atoms with Crippen molar-refractivity contribution in [1.29, 1.82) is 0 Å². The number of hydrogen-bond acceptors (Lipinski definition) is 4. The summed E-state index contributed by atoms with van der Waals surface area (Å²) in [6.45, 7) is 0.269. The Balaban J connectivity index is 1.73. The van der Waals surface area contributed by atoms with Crippen molar-refractivity contribution in [1.82, 2.24) is 5.32 Å². The second kappa shape index (κ2) is 10.3. The number of anilines is 1. The number of rotatable bonds is 5. The first-order valence-corrected chi connectivity index (χ1v) is 12.1. The Kier molecular flexibility index (Phi) is 7.42. The summed E-state index contributed by atoms with van der Waals surface area (Å²) in [7, 11) is 0. The summed E-state index contributed by atoms with van der Waals surface area (Å²) in [6, 6.07) is 16.4. The van der Waals surface area contributed by atoms with Crippen molar-refractivity contribution < 1.29 is 19.1 Å². The largest absolute Gasteiger partial charge is 0.487 e. The number of nitrogens with zero attached hydrogens (tertiary/aromatic N) is 1. The quantitative estimate of drug-likeness (QED) is 0.251. The zero-order valence-electron chi connectivity index (χ0n) is 17.2. The molecule has 3 aromatic rings. The molecule has 0 unspecified atom stereocenters. The van der Waals surface area contributed by atoms with E-state index in [9.17, 15) is 14.4 Å². The van der Waals surface area contributed by atoms with Crippen molar-refractivity contribution in [3.63, 3.8) is 0 Å². The van der Waals surface area contributed by atoms with Gasteiger partial charge >= 0.3 is 6.03 Å². The molecule has 10 heteroatoms. The summed E-state index contributed by atoms with van der Waals surface area (Å²) < 4.78 is 7.32. The Morgan fingerprint density at radius 3 is 2.38 bits per heavy atom. The van der Waals surface area contributed by atoms with Gasteiger partial charge in [0, 0.05) is 10.0 Å². The van der Waals surface area contributed by atoms with Crippen LogP contribution in [0.4, 0.5) is 10.5 Å². The van der Waals surface area contributed by atoms with Crippen LogP contribution in [0, 0.1) is 0 Å². The first-order chi connectivity index (χ1) is 16.2. The highest BCUT2D eigenvalue weighted by molar-refractivity contribution is 9.11. The molecule has 4 rings (SSSR count). The van der Waals surface area contributed by atoms with Crippen LogP contribution >= 0.6 is 55.1 Å². The number of benzene rings is 3. The minimum absolute atomic E-state index is 0.162. The fraction of sp³-hybridized carbons (Fsp3) is 0.0417. The van der Waals surface area contributed by atoms with E-state index in [1.165, 1.54) is 24.3 Å². The Labute approximate surface area is 221 Å². The molecule has 1 heterocycles. The van der Waals surface area contributed by atoms with Gasteiger partial charge in [-0.3, -0.25) is 14.9 Å². The van der Waals surface area contributed by atoms with Gasteiger partial charge in [0.15, 0.2) is 0 Å². The summed E-state index contributed by atoms with van der Waals surface area (Å²) >= 11 is 18.9. The average molecular weight is 625 g/mol. The molecule has 0 saturated carbocycles. The number of carbonyl (C=O) groups excluding carboxylic acids is 3. The van der Waals surface area contributed by atoms with Crippen LogP contribution < -0.4 is 15.0 Å². The van der Waals surface area contributed by atoms with E-state index in [1.807, 2.05) is 30.3 Å². The summed E-state index contributed by atoms with van der Waals surface area (Å²) in [4.78, 5) is 39.2. The predicted octanol–water partition coefficient (Wildman–Crippen LogP) is 6.76. The number of urea groups is 1. The topological polar surface area (TPSA) is 75.7 Å². The highest BCUT2D eigenvalue weighted by atomic mass is 79.9. The molecule has 0 aromatic heterocycles. The van der Waals surface area contributed by atoms with Crippen molar-refractivity contribution in [3.05, 3.63) is 96.4 Å². The van der Waals surface area contributed by atoms with Gasteiger partial charge in [0.05, 0.1) is 20.2 Å². The lowest BCUT2D eigenvalue weighted by molar-refractivity contribution is -0.122. The third-order valence-electron chi connectivity index (χ3n) is 4.83. The van der Waals surface area contributed by atoms with E-state index < -0.39 is 17.8 Å². The summed E-state index contributed by atoms with van der Waals surface area (Å²) in [5.41, 5.74) is 1.32. The fourth-order valence-electron chi connectivity index (χ4n) is 3.24. The standard InChI is InChI=1S/C24H14Br2Cl2N2O4/c25-15-8-14(21(18(26)10-15)34-12-13-4-2-1-3-5-13)9-17-22(31)29-24(33)30(23(17)32)16-6-7-19(27)20(28)11-16/h1-11H,12H2,(H,29,31,33)/b17-9+. The predicted molar refractivity (Wildman–Crippen MR) is 138 cm³/mol. The second-order valence-corrected chi connectivity index (χ2v) is 9.72. The van der Waals surface area contributed by atoms with E-state index in [0.717, 1.165) is 10.5 Å². The van der Waals surface area contributed by atoms with E-state index in [-0.39, 0.29) is 27.9 Å². The first-order valence-electron chi connectivity index (χ1n) is 9.77. The van der Waals surface area contributed by atoms with Gasteiger partial charge in [-0.25, -0.2) is 9.69 Å². The van der Waals surface area contributed by atoms with Crippen LogP contribution in [0.3, 0.4) is 0 Å². The first kappa shape index (κ1) is 24.5. The van der Waals surface area contributed by atoms with E-state index in [4.69, 9.17) is 27.9 Å². The number of barbiturate groups is 1. The van der Waals surface area contributed by atoms with E-state index in [0.29, 0.717) is 20.3 Å². The molecule has 1 aliphatic rings. The van der Waals surface area contributed by atoms with Gasteiger partial charge in [0.1, 0.15) is 17.9 Å². The van der Waals surface area contributed by atoms with Crippen molar-refractivity contribution in [3.8, 4) is 5.75 Å². The van der Waals surface area contributed by atoms with Crippen molar-refractivity contribution in [2.24, 2.45) is 0 Å². The van der Waals surface area contributed by atoms with Gasteiger partial charge in [-0.1, -0.05) is 69.5 Å². The maximum atomic E-state index is 13.2. The Hall–Kier alpha value is -2.65. The molecule has 0 spiro atoms. The molecule has 1 N–H and O–H groups in total. The highest BCUT2D eigenvalue weighted by Crippen LogP contribution is 2.36. The van der Waals surface area contributed by atoms with Crippen LogP contribution in [0.1, 0.15) is 11.1 Å². The molecular formula is C24H14Br2Cl2N2O4. The van der Waals surface area contributed by atoms with Crippen LogP contribution in [0.15, 0.2) is 75.2 Å². The molecule has 34 heavy (non-hydrogen) atoms. The van der Waals surface area contributed by atoms with Crippen molar-refractivity contribution >= 4 is 84.7 Å². The molecule has 0 bridgehead atoms. The van der Waals surface area contributed by atoms with Gasteiger partial charge in [-0.2, -0.15) is 0 Å². The lowest BCUT2D eigenvalue weighted by Crippen LogP contribution is -2.54. The minimum Gasteiger partial charge on any atom is -0.487 e. The second-order valence-electron chi connectivity index (χ2n) is 7.14. The van der Waals surface area contributed by atoms with Crippen LogP contribution in [0.25, 0.3) is 6.08 Å². The summed E-state index contributed by atoms with van der Waals surface area (Å²) in [5.74, 6) is -1.20. The smallest absolute Gasteiger partial charge is 0.335 e. The van der Waals surface area contributed by atoms with Gasteiger partial charge in [0.2, 0.25) is 0 Å². The Morgan fingerprint density at radius 1 is 0.941 bits per heavy atom. The van der Waals surface area contributed by atoms with E-state index >= 15 is 0 Å². The minimum atomic E-state index is -0.887. The molecule has 0 atom stereocenters. The number of carbonyl (C=O) groups is 3. The molecular weight excluding hydrogens is 611 g/mol. The number of ether oxygens (including phenoxy) is 1. The highest BCUT2D eigenvalue weighted by Gasteiger charge is 2.37. The lowest BCUT2D eigenvalue weighted by Gasteiger charge is -2.26. The Morgan fingerprint density at radius 2 is 1.68 bits per heavy atom. The van der Waals surface area contributed by atoms with E-state index in [2.05, 4.69) is 37.2 Å². The summed E-state index contributed by atoms with van der Waals surface area (Å²) in [5, 5.41) is 2.61. The monoisotopic (exact) mass is 622 g/mol. The number of nitrogens with one attached hydrogen (secondary N) is 1. The van der Waals surface area contributed by atoms with Crippen molar-refractivity contribution in [2.45, 2.75) is 6.61 Å². The average Bonchev–Trinajstić information content (AvgIpc) is 2.79. The van der Waals surface area contributed by atoms with Gasteiger partial charge in [-0.05, 0) is 57.9 Å². The van der Waals surface area contributed by atoms with Gasteiger partial charge in [-0.15, -0.1) is 0 Å². The number of imide groups is 2. The number of halogens is 4. The SMILES string of the molecule is O=C1NC(=O)N(c2ccc(Cl)c(Cl)c2)C(=O)/C1=C/c1cc(Br)cc(Br)c1OCc1ccccc1. The molecule has 0 radical (unpaired) electrons. The van der Waals surface area contributed by atoms with Crippen LogP contribution in [-0.4, -0.2) is 17.8 Å². The maximum Gasteiger partial charge on any atom is 0.335 e. The number of hydrogen-bond donors (Lipinski definition) is 1. The molecule has 172 valence electrons. The van der Waals surface area contributed by atoms with Gasteiger partial charge in [0.25, 0.3) is 11.8 Å². The summed E-state index contributed by atoms with van der Waals surface area (Å²) in [6.07, 6.45) is 1.38. The molecule has 6 nitrogen and oxygen atoms in total. The Bertz CT molecular complexity index is 1350. The molecule has 0 aliphatic carbocycles. The number of amides is 4. The third-order valence-corrected chi connectivity index (χ3v) is 6.61. The van der Waals surface area contributed by atoms with Crippen LogP contribution in [0.2, 0.25) is 10.0 Å². The molecule has 1 fully saturated rings. The molecule has 4 amide bonds. The zero-order chi connectivity index (χ0) is 24.4. The van der Waals surface area contributed by atoms with Crippen molar-refractivity contribution in [2.75, 3.05) is 4.90 Å². The van der Waals surface area contributed by atoms with Gasteiger partial charge < -0.3 is 4.74 Å². The molecule has 1 aliphatic heterocycles. The van der Waals surface area contributed by atoms with Crippen LogP contribution in [-0.2, 0) is 16.2 Å². The zero-order valence-corrected chi connectivity index (χ0v) is 21.8. The van der Waals surface area contributed by atoms with E-state index in [1.54, 1.807) is 12.1 Å².